The SMILES string of the molecule is CCCNS(=O)(=O)c1ccc(C(=O)Nc2ccccc2OC)cc1. The summed E-state index contributed by atoms with van der Waals surface area (Å²) in [5, 5.41) is 2.74. The molecule has 128 valence electrons. The number of hydrogen-bond acceptors (Lipinski definition) is 4. The number of anilines is 1. The van der Waals surface area contributed by atoms with E-state index in [0.717, 1.165) is 0 Å². The van der Waals surface area contributed by atoms with E-state index in [-0.39, 0.29) is 10.8 Å². The molecule has 0 aliphatic heterocycles. The maximum absolute atomic E-state index is 12.3. The molecule has 0 atom stereocenters. The summed E-state index contributed by atoms with van der Waals surface area (Å²) in [6.07, 6.45) is 0.707. The summed E-state index contributed by atoms with van der Waals surface area (Å²) < 4.78 is 31.7. The molecular weight excluding hydrogens is 328 g/mol. The van der Waals surface area contributed by atoms with Crippen LogP contribution in [0.25, 0.3) is 0 Å². The van der Waals surface area contributed by atoms with Crippen molar-refractivity contribution in [2.45, 2.75) is 18.2 Å². The fourth-order valence-corrected chi connectivity index (χ4v) is 3.18. The van der Waals surface area contributed by atoms with Crippen LogP contribution in [0.3, 0.4) is 0 Å². The monoisotopic (exact) mass is 348 g/mol. The average molecular weight is 348 g/mol. The van der Waals surface area contributed by atoms with E-state index in [9.17, 15) is 13.2 Å². The summed E-state index contributed by atoms with van der Waals surface area (Å²) in [6.45, 7) is 2.26. The summed E-state index contributed by atoms with van der Waals surface area (Å²) in [6, 6.07) is 12.8. The average Bonchev–Trinajstić information content (AvgIpc) is 2.60. The van der Waals surface area contributed by atoms with E-state index in [0.29, 0.717) is 30.0 Å². The second kappa shape index (κ2) is 7.94. The molecule has 0 aliphatic carbocycles. The summed E-state index contributed by atoms with van der Waals surface area (Å²) >= 11 is 0. The van der Waals surface area contributed by atoms with Crippen LogP contribution in [0.4, 0.5) is 5.69 Å². The molecule has 0 fully saturated rings. The minimum atomic E-state index is -3.54. The van der Waals surface area contributed by atoms with Gasteiger partial charge in [0.2, 0.25) is 10.0 Å². The summed E-state index contributed by atoms with van der Waals surface area (Å²) in [4.78, 5) is 12.4. The van der Waals surface area contributed by atoms with Crippen LogP contribution in [0.1, 0.15) is 23.7 Å². The Bertz CT molecular complexity index is 802. The van der Waals surface area contributed by atoms with Crippen LogP contribution >= 0.6 is 0 Å². The molecule has 2 N–H and O–H groups in total. The first-order valence-electron chi connectivity index (χ1n) is 7.52. The number of carbonyl (C=O) groups excluding carboxylic acids is 1. The summed E-state index contributed by atoms with van der Waals surface area (Å²) in [5.74, 6) is 0.207. The Morgan fingerprint density at radius 3 is 2.38 bits per heavy atom. The van der Waals surface area contributed by atoms with Crippen molar-refractivity contribution in [3.63, 3.8) is 0 Å². The quantitative estimate of drug-likeness (QED) is 0.805. The number of sulfonamides is 1. The smallest absolute Gasteiger partial charge is 0.255 e. The van der Waals surface area contributed by atoms with E-state index in [1.54, 1.807) is 24.3 Å². The number of para-hydroxylation sites is 2. The molecule has 0 heterocycles. The molecule has 0 radical (unpaired) electrons. The minimum absolute atomic E-state index is 0.129. The number of ether oxygens (including phenoxy) is 1. The largest absolute Gasteiger partial charge is 0.495 e. The lowest BCUT2D eigenvalue weighted by Gasteiger charge is -2.10. The van der Waals surface area contributed by atoms with Crippen molar-refractivity contribution in [1.82, 2.24) is 4.72 Å². The first-order valence-corrected chi connectivity index (χ1v) is 9.00. The number of carbonyl (C=O) groups is 1. The molecular formula is C17H20N2O4S. The minimum Gasteiger partial charge on any atom is -0.495 e. The highest BCUT2D eigenvalue weighted by atomic mass is 32.2. The van der Waals surface area contributed by atoms with E-state index >= 15 is 0 Å². The van der Waals surface area contributed by atoms with Crippen molar-refractivity contribution in [2.24, 2.45) is 0 Å². The number of methoxy groups -OCH3 is 1. The van der Waals surface area contributed by atoms with Gasteiger partial charge in [-0.25, -0.2) is 13.1 Å². The van der Waals surface area contributed by atoms with Crippen molar-refractivity contribution in [1.29, 1.82) is 0 Å². The van der Waals surface area contributed by atoms with Crippen LogP contribution in [0.2, 0.25) is 0 Å². The lowest BCUT2D eigenvalue weighted by molar-refractivity contribution is 0.102. The van der Waals surface area contributed by atoms with Gasteiger partial charge in [-0.2, -0.15) is 0 Å². The van der Waals surface area contributed by atoms with Crippen molar-refractivity contribution in [2.75, 3.05) is 19.0 Å². The molecule has 0 spiro atoms. The van der Waals surface area contributed by atoms with E-state index in [1.807, 2.05) is 6.92 Å². The Morgan fingerprint density at radius 1 is 1.08 bits per heavy atom. The maximum Gasteiger partial charge on any atom is 0.255 e. The number of amides is 1. The summed E-state index contributed by atoms with van der Waals surface area (Å²) in [5.41, 5.74) is 0.904. The molecule has 2 aromatic rings. The highest BCUT2D eigenvalue weighted by Gasteiger charge is 2.14. The van der Waals surface area contributed by atoms with Crippen molar-refractivity contribution in [3.8, 4) is 5.75 Å². The first kappa shape index (κ1) is 18.0. The topological polar surface area (TPSA) is 84.5 Å². The molecule has 6 nitrogen and oxygen atoms in total. The Labute approximate surface area is 141 Å². The van der Waals surface area contributed by atoms with Gasteiger partial charge in [0.05, 0.1) is 17.7 Å². The van der Waals surface area contributed by atoms with E-state index in [4.69, 9.17) is 4.74 Å². The van der Waals surface area contributed by atoms with Crippen LogP contribution < -0.4 is 14.8 Å². The van der Waals surface area contributed by atoms with E-state index in [2.05, 4.69) is 10.0 Å². The number of rotatable bonds is 7. The molecule has 24 heavy (non-hydrogen) atoms. The third-order valence-electron chi connectivity index (χ3n) is 3.32. The van der Waals surface area contributed by atoms with E-state index in [1.165, 1.54) is 31.4 Å². The molecule has 0 saturated heterocycles. The molecule has 7 heteroatoms. The van der Waals surface area contributed by atoms with Gasteiger partial charge in [0.25, 0.3) is 5.91 Å². The van der Waals surface area contributed by atoms with Gasteiger partial charge < -0.3 is 10.1 Å². The first-order chi connectivity index (χ1) is 11.5. The van der Waals surface area contributed by atoms with Gasteiger partial charge >= 0.3 is 0 Å². The van der Waals surface area contributed by atoms with Gasteiger partial charge in [-0.3, -0.25) is 4.79 Å². The van der Waals surface area contributed by atoms with Gasteiger partial charge in [0.1, 0.15) is 5.75 Å². The van der Waals surface area contributed by atoms with E-state index < -0.39 is 10.0 Å². The van der Waals surface area contributed by atoms with Crippen LogP contribution in [0.5, 0.6) is 5.75 Å². The summed E-state index contributed by atoms with van der Waals surface area (Å²) in [7, 11) is -2.01. The van der Waals surface area contributed by atoms with Crippen LogP contribution in [0, 0.1) is 0 Å². The fourth-order valence-electron chi connectivity index (χ4n) is 2.05. The third-order valence-corrected chi connectivity index (χ3v) is 4.80. The lowest BCUT2D eigenvalue weighted by atomic mass is 10.2. The second-order valence-electron chi connectivity index (χ2n) is 5.08. The van der Waals surface area contributed by atoms with Crippen molar-refractivity contribution < 1.29 is 17.9 Å². The molecule has 2 rings (SSSR count). The zero-order chi connectivity index (χ0) is 17.6. The van der Waals surface area contributed by atoms with Gasteiger partial charge in [0, 0.05) is 12.1 Å². The maximum atomic E-state index is 12.3. The number of nitrogens with one attached hydrogen (secondary N) is 2. The molecule has 0 bridgehead atoms. The van der Waals surface area contributed by atoms with Crippen molar-refractivity contribution in [3.05, 3.63) is 54.1 Å². The Balaban J connectivity index is 2.14. The lowest BCUT2D eigenvalue weighted by Crippen LogP contribution is -2.24. The standard InChI is InChI=1S/C17H20N2O4S/c1-3-12-18-24(21,22)14-10-8-13(9-11-14)17(20)19-15-6-4-5-7-16(15)23-2/h4-11,18H,3,12H2,1-2H3,(H,19,20). The van der Waals surface area contributed by atoms with Gasteiger partial charge in [-0.15, -0.1) is 0 Å². The molecule has 0 aliphatic rings. The Hall–Kier alpha value is -2.38. The fraction of sp³-hybridized carbons (Fsp3) is 0.235. The highest BCUT2D eigenvalue weighted by Crippen LogP contribution is 2.23. The molecule has 1 amide bonds. The van der Waals surface area contributed by atoms with Gasteiger partial charge in [-0.05, 0) is 42.8 Å². The number of hydrogen-bond donors (Lipinski definition) is 2. The zero-order valence-corrected chi connectivity index (χ0v) is 14.4. The van der Waals surface area contributed by atoms with Gasteiger partial charge in [0.15, 0.2) is 0 Å². The molecule has 0 saturated carbocycles. The molecule has 0 aromatic heterocycles. The predicted octanol–water partition coefficient (Wildman–Crippen LogP) is 2.64. The third kappa shape index (κ3) is 4.33. The predicted molar refractivity (Wildman–Crippen MR) is 92.9 cm³/mol. The molecule has 2 aromatic carbocycles. The Morgan fingerprint density at radius 2 is 1.75 bits per heavy atom. The van der Waals surface area contributed by atoms with Crippen LogP contribution in [-0.2, 0) is 10.0 Å². The van der Waals surface area contributed by atoms with Crippen LogP contribution in [0.15, 0.2) is 53.4 Å². The normalized spacial score (nSPS) is 11.1. The van der Waals surface area contributed by atoms with Crippen molar-refractivity contribution >= 4 is 21.6 Å². The molecule has 0 unspecified atom stereocenters. The Kier molecular flexibility index (Phi) is 5.94. The second-order valence-corrected chi connectivity index (χ2v) is 6.84. The number of benzene rings is 2. The highest BCUT2D eigenvalue weighted by molar-refractivity contribution is 7.89. The zero-order valence-electron chi connectivity index (χ0n) is 13.6. The van der Waals surface area contributed by atoms with Gasteiger partial charge in [-0.1, -0.05) is 19.1 Å². The van der Waals surface area contributed by atoms with Crippen LogP contribution in [-0.4, -0.2) is 28.0 Å².